The quantitative estimate of drug-likeness (QED) is 0.807. The molecule has 1 saturated carbocycles. The number of hydrogen-bond acceptors (Lipinski definition) is 3. The van der Waals surface area contributed by atoms with Crippen molar-refractivity contribution in [1.29, 1.82) is 0 Å². The van der Waals surface area contributed by atoms with E-state index >= 15 is 0 Å². The highest BCUT2D eigenvalue weighted by Gasteiger charge is 2.27. The fraction of sp³-hybridized carbons (Fsp3) is 0.611. The van der Waals surface area contributed by atoms with Gasteiger partial charge in [0.05, 0.1) is 0 Å². The number of rotatable bonds is 2. The average molecular weight is 304 g/mol. The second kappa shape index (κ2) is 6.59. The topological polar surface area (TPSA) is 64.3 Å². The van der Waals surface area contributed by atoms with Crippen molar-refractivity contribution < 1.29 is 9.53 Å². The summed E-state index contributed by atoms with van der Waals surface area (Å²) in [5, 5.41) is 3.02. The third kappa shape index (κ3) is 4.65. The average Bonchev–Trinajstić information content (AvgIpc) is 2.39. The zero-order chi connectivity index (χ0) is 16.3. The SMILES string of the molecule is Cc1ccc(N)cc1[C@@H]1CCC[C@H](NC(=O)OC(C)(C)C)C1. The van der Waals surface area contributed by atoms with Crippen molar-refractivity contribution in [3.63, 3.8) is 0 Å². The number of anilines is 1. The summed E-state index contributed by atoms with van der Waals surface area (Å²) in [5.74, 6) is 0.456. The van der Waals surface area contributed by atoms with Crippen LogP contribution in [0, 0.1) is 6.92 Å². The molecule has 0 radical (unpaired) electrons. The molecular weight excluding hydrogens is 276 g/mol. The van der Waals surface area contributed by atoms with E-state index in [4.69, 9.17) is 10.5 Å². The van der Waals surface area contributed by atoms with Gasteiger partial charge in [-0.05, 0) is 76.1 Å². The van der Waals surface area contributed by atoms with Crippen LogP contribution in [0.25, 0.3) is 0 Å². The molecule has 1 fully saturated rings. The molecule has 0 spiro atoms. The molecule has 1 aromatic carbocycles. The zero-order valence-corrected chi connectivity index (χ0v) is 14.1. The Bertz CT molecular complexity index is 534. The number of carbonyl (C=O) groups is 1. The third-order valence-electron chi connectivity index (χ3n) is 4.14. The Morgan fingerprint density at radius 1 is 1.32 bits per heavy atom. The fourth-order valence-electron chi connectivity index (χ4n) is 3.18. The molecule has 1 amide bonds. The minimum Gasteiger partial charge on any atom is -0.444 e. The molecule has 1 aliphatic carbocycles. The number of nitrogen functional groups attached to an aromatic ring is 1. The van der Waals surface area contributed by atoms with Gasteiger partial charge in [-0.25, -0.2) is 4.79 Å². The Hall–Kier alpha value is -1.71. The van der Waals surface area contributed by atoms with Crippen LogP contribution in [-0.2, 0) is 4.74 Å². The Morgan fingerprint density at radius 2 is 2.05 bits per heavy atom. The Kier molecular flexibility index (Phi) is 4.99. The summed E-state index contributed by atoms with van der Waals surface area (Å²) in [4.78, 5) is 11.9. The lowest BCUT2D eigenvalue weighted by Gasteiger charge is -2.31. The molecule has 2 rings (SSSR count). The summed E-state index contributed by atoms with van der Waals surface area (Å²) in [6, 6.07) is 6.28. The van der Waals surface area contributed by atoms with E-state index in [-0.39, 0.29) is 12.1 Å². The van der Waals surface area contributed by atoms with Crippen molar-refractivity contribution >= 4 is 11.8 Å². The van der Waals surface area contributed by atoms with Crippen molar-refractivity contribution in [3.05, 3.63) is 29.3 Å². The van der Waals surface area contributed by atoms with E-state index in [2.05, 4.69) is 24.4 Å². The van der Waals surface area contributed by atoms with Gasteiger partial charge in [0.1, 0.15) is 5.60 Å². The first-order valence-electron chi connectivity index (χ1n) is 8.10. The number of ether oxygens (including phenoxy) is 1. The first-order chi connectivity index (χ1) is 10.2. The standard InChI is InChI=1S/C18H28N2O2/c1-12-8-9-14(19)11-16(12)13-6-5-7-15(10-13)20-17(21)22-18(2,3)4/h8-9,11,13,15H,5-7,10,19H2,1-4H3,(H,20,21)/t13-,15+/m1/s1. The first-order valence-corrected chi connectivity index (χ1v) is 8.10. The molecule has 4 heteroatoms. The smallest absolute Gasteiger partial charge is 0.407 e. The number of alkyl carbamates (subject to hydrolysis) is 1. The van der Waals surface area contributed by atoms with Gasteiger partial charge in [-0.3, -0.25) is 0 Å². The van der Waals surface area contributed by atoms with Gasteiger partial charge >= 0.3 is 6.09 Å². The first kappa shape index (κ1) is 16.7. The van der Waals surface area contributed by atoms with E-state index in [1.165, 1.54) is 11.1 Å². The summed E-state index contributed by atoms with van der Waals surface area (Å²) in [6.07, 6.45) is 3.90. The fourth-order valence-corrected chi connectivity index (χ4v) is 3.18. The van der Waals surface area contributed by atoms with E-state index in [0.29, 0.717) is 5.92 Å². The van der Waals surface area contributed by atoms with Crippen molar-refractivity contribution in [1.82, 2.24) is 5.32 Å². The van der Waals surface area contributed by atoms with E-state index in [1.807, 2.05) is 26.8 Å². The van der Waals surface area contributed by atoms with E-state index < -0.39 is 5.60 Å². The summed E-state index contributed by atoms with van der Waals surface area (Å²) in [7, 11) is 0. The van der Waals surface area contributed by atoms with Crippen molar-refractivity contribution in [3.8, 4) is 0 Å². The van der Waals surface area contributed by atoms with Gasteiger partial charge in [-0.1, -0.05) is 12.5 Å². The lowest BCUT2D eigenvalue weighted by molar-refractivity contribution is 0.0490. The van der Waals surface area contributed by atoms with E-state index in [1.54, 1.807) is 0 Å². The normalized spacial score (nSPS) is 22.2. The summed E-state index contributed by atoms with van der Waals surface area (Å²) in [6.45, 7) is 7.77. The Balaban J connectivity index is 2.00. The highest BCUT2D eigenvalue weighted by atomic mass is 16.6. The van der Waals surface area contributed by atoms with Crippen molar-refractivity contribution in [2.24, 2.45) is 0 Å². The molecule has 4 nitrogen and oxygen atoms in total. The van der Waals surface area contributed by atoms with Crippen LogP contribution in [0.15, 0.2) is 18.2 Å². The van der Waals surface area contributed by atoms with Crippen LogP contribution in [0.5, 0.6) is 0 Å². The monoisotopic (exact) mass is 304 g/mol. The lowest BCUT2D eigenvalue weighted by atomic mass is 9.80. The van der Waals surface area contributed by atoms with Crippen LogP contribution in [0.2, 0.25) is 0 Å². The number of benzene rings is 1. The minimum absolute atomic E-state index is 0.175. The van der Waals surface area contributed by atoms with Crippen molar-refractivity contribution in [2.45, 2.75) is 70.9 Å². The van der Waals surface area contributed by atoms with Gasteiger partial charge < -0.3 is 15.8 Å². The summed E-state index contributed by atoms with van der Waals surface area (Å²) in [5.41, 5.74) is 8.87. The predicted octanol–water partition coefficient (Wildman–Crippen LogP) is 4.13. The number of hydrogen-bond donors (Lipinski definition) is 2. The molecule has 0 aliphatic heterocycles. The molecule has 0 bridgehead atoms. The molecule has 22 heavy (non-hydrogen) atoms. The number of nitrogens with one attached hydrogen (secondary N) is 1. The van der Waals surface area contributed by atoms with E-state index in [0.717, 1.165) is 31.4 Å². The third-order valence-corrected chi connectivity index (χ3v) is 4.14. The van der Waals surface area contributed by atoms with Crippen LogP contribution in [-0.4, -0.2) is 17.7 Å². The van der Waals surface area contributed by atoms with E-state index in [9.17, 15) is 4.79 Å². The van der Waals surface area contributed by atoms with Crippen LogP contribution in [0.1, 0.15) is 63.5 Å². The van der Waals surface area contributed by atoms with Gasteiger partial charge in [0, 0.05) is 11.7 Å². The molecular formula is C18H28N2O2. The highest BCUT2D eigenvalue weighted by molar-refractivity contribution is 5.68. The lowest BCUT2D eigenvalue weighted by Crippen LogP contribution is -2.41. The molecule has 2 atom stereocenters. The molecule has 3 N–H and O–H groups in total. The van der Waals surface area contributed by atoms with Crippen LogP contribution in [0.3, 0.4) is 0 Å². The minimum atomic E-state index is -0.456. The van der Waals surface area contributed by atoms with Crippen LogP contribution < -0.4 is 11.1 Å². The highest BCUT2D eigenvalue weighted by Crippen LogP contribution is 2.35. The maximum Gasteiger partial charge on any atom is 0.407 e. The van der Waals surface area contributed by atoms with Gasteiger partial charge in [0.25, 0.3) is 0 Å². The molecule has 0 unspecified atom stereocenters. The summed E-state index contributed by atoms with van der Waals surface area (Å²) >= 11 is 0. The number of carbonyl (C=O) groups excluding carboxylic acids is 1. The molecule has 122 valence electrons. The van der Waals surface area contributed by atoms with Gasteiger partial charge in [-0.15, -0.1) is 0 Å². The van der Waals surface area contributed by atoms with Crippen molar-refractivity contribution in [2.75, 3.05) is 5.73 Å². The van der Waals surface area contributed by atoms with Gasteiger partial charge in [-0.2, -0.15) is 0 Å². The number of aryl methyl sites for hydroxylation is 1. The second-order valence-corrected chi connectivity index (χ2v) is 7.32. The van der Waals surface area contributed by atoms with Crippen LogP contribution >= 0.6 is 0 Å². The Labute approximate surface area is 133 Å². The molecule has 1 aromatic rings. The van der Waals surface area contributed by atoms with Gasteiger partial charge in [0.2, 0.25) is 0 Å². The molecule has 0 aromatic heterocycles. The number of nitrogens with two attached hydrogens (primary N) is 1. The number of amides is 1. The van der Waals surface area contributed by atoms with Gasteiger partial charge in [0.15, 0.2) is 0 Å². The second-order valence-electron chi connectivity index (χ2n) is 7.32. The van der Waals surface area contributed by atoms with Crippen LogP contribution in [0.4, 0.5) is 10.5 Å². The molecule has 0 saturated heterocycles. The zero-order valence-electron chi connectivity index (χ0n) is 14.1. The maximum absolute atomic E-state index is 11.9. The predicted molar refractivity (Wildman–Crippen MR) is 90.0 cm³/mol. The Morgan fingerprint density at radius 3 is 2.73 bits per heavy atom. The molecule has 1 aliphatic rings. The summed E-state index contributed by atoms with van der Waals surface area (Å²) < 4.78 is 5.35. The maximum atomic E-state index is 11.9. The largest absolute Gasteiger partial charge is 0.444 e. The molecule has 0 heterocycles.